The smallest absolute Gasteiger partial charge is 0.332 e. The fourth-order valence-corrected chi connectivity index (χ4v) is 3.45. The number of ether oxygens (including phenoxy) is 1. The van der Waals surface area contributed by atoms with Gasteiger partial charge in [0, 0.05) is 6.07 Å². The molecule has 0 amide bonds. The van der Waals surface area contributed by atoms with Gasteiger partial charge in [0.25, 0.3) is 5.56 Å². The lowest BCUT2D eigenvalue weighted by Gasteiger charge is -2.16. The number of hydrogen-bond acceptors (Lipinski definition) is 3. The molecular formula is C25H22N2O3. The third kappa shape index (κ3) is 4.10. The highest BCUT2D eigenvalue weighted by atomic mass is 16.5. The molecule has 4 aromatic rings. The van der Waals surface area contributed by atoms with E-state index in [4.69, 9.17) is 4.74 Å². The second kappa shape index (κ2) is 8.66. The summed E-state index contributed by atoms with van der Waals surface area (Å²) >= 11 is 0. The van der Waals surface area contributed by atoms with E-state index in [1.54, 1.807) is 11.7 Å². The summed E-state index contributed by atoms with van der Waals surface area (Å²) in [5, 5.41) is 0. The Morgan fingerprint density at radius 1 is 0.700 bits per heavy atom. The van der Waals surface area contributed by atoms with E-state index < -0.39 is 0 Å². The summed E-state index contributed by atoms with van der Waals surface area (Å²) in [6, 6.07) is 28.2. The second-order valence-corrected chi connectivity index (χ2v) is 7.02. The molecule has 5 heteroatoms. The van der Waals surface area contributed by atoms with Crippen molar-refractivity contribution in [3.8, 4) is 17.0 Å². The molecule has 0 spiro atoms. The molecule has 0 aliphatic rings. The minimum Gasteiger partial charge on any atom is -0.497 e. The summed E-state index contributed by atoms with van der Waals surface area (Å²) in [4.78, 5) is 26.3. The lowest BCUT2D eigenvalue weighted by Crippen LogP contribution is -2.40. The lowest BCUT2D eigenvalue weighted by molar-refractivity contribution is 0.415. The van der Waals surface area contributed by atoms with Crippen molar-refractivity contribution in [2.24, 2.45) is 0 Å². The van der Waals surface area contributed by atoms with Crippen LogP contribution in [0.5, 0.6) is 5.75 Å². The molecule has 0 atom stereocenters. The Kier molecular flexibility index (Phi) is 5.61. The quantitative estimate of drug-likeness (QED) is 0.497. The third-order valence-corrected chi connectivity index (χ3v) is 5.03. The van der Waals surface area contributed by atoms with E-state index in [0.717, 1.165) is 16.7 Å². The summed E-state index contributed by atoms with van der Waals surface area (Å²) < 4.78 is 8.17. The lowest BCUT2D eigenvalue weighted by atomic mass is 10.1. The molecular weight excluding hydrogens is 376 g/mol. The van der Waals surface area contributed by atoms with Crippen LogP contribution in [0.3, 0.4) is 0 Å². The SMILES string of the molecule is COc1ccc(-c2cc(=O)n(Cc3ccccc3)c(=O)n2Cc2ccccc2)cc1. The van der Waals surface area contributed by atoms with E-state index in [1.807, 2.05) is 84.9 Å². The van der Waals surface area contributed by atoms with Crippen LogP contribution in [0, 0.1) is 0 Å². The minimum absolute atomic E-state index is 0.232. The van der Waals surface area contributed by atoms with Gasteiger partial charge in [-0.2, -0.15) is 0 Å². The van der Waals surface area contributed by atoms with E-state index in [1.165, 1.54) is 10.6 Å². The average molecular weight is 398 g/mol. The molecule has 0 N–H and O–H groups in total. The summed E-state index contributed by atoms with van der Waals surface area (Å²) in [7, 11) is 1.60. The monoisotopic (exact) mass is 398 g/mol. The maximum Gasteiger partial charge on any atom is 0.332 e. The highest BCUT2D eigenvalue weighted by Gasteiger charge is 2.14. The van der Waals surface area contributed by atoms with E-state index in [-0.39, 0.29) is 17.8 Å². The van der Waals surface area contributed by atoms with Crippen LogP contribution in [0.1, 0.15) is 11.1 Å². The Bertz CT molecular complexity index is 1240. The Morgan fingerprint density at radius 3 is 1.77 bits per heavy atom. The zero-order valence-corrected chi connectivity index (χ0v) is 16.7. The molecule has 0 radical (unpaired) electrons. The molecule has 0 saturated heterocycles. The van der Waals surface area contributed by atoms with Crippen molar-refractivity contribution in [3.05, 3.63) is 123 Å². The van der Waals surface area contributed by atoms with Crippen molar-refractivity contribution in [1.82, 2.24) is 9.13 Å². The van der Waals surface area contributed by atoms with Gasteiger partial charge in [0.15, 0.2) is 0 Å². The van der Waals surface area contributed by atoms with Crippen molar-refractivity contribution in [2.45, 2.75) is 13.1 Å². The Labute approximate surface area is 174 Å². The highest BCUT2D eigenvalue weighted by Crippen LogP contribution is 2.21. The van der Waals surface area contributed by atoms with Crippen molar-refractivity contribution in [2.75, 3.05) is 7.11 Å². The minimum atomic E-state index is -0.332. The molecule has 0 fully saturated rings. The number of methoxy groups -OCH3 is 1. The first-order valence-electron chi connectivity index (χ1n) is 9.72. The van der Waals surface area contributed by atoms with Gasteiger partial charge in [-0.1, -0.05) is 60.7 Å². The zero-order chi connectivity index (χ0) is 20.9. The predicted octanol–water partition coefficient (Wildman–Crippen LogP) is 3.78. The fraction of sp³-hybridized carbons (Fsp3) is 0.120. The van der Waals surface area contributed by atoms with Gasteiger partial charge in [0.1, 0.15) is 5.75 Å². The third-order valence-electron chi connectivity index (χ3n) is 5.03. The largest absolute Gasteiger partial charge is 0.497 e. The van der Waals surface area contributed by atoms with Crippen molar-refractivity contribution >= 4 is 0 Å². The summed E-state index contributed by atoms with van der Waals surface area (Å²) in [6.45, 7) is 0.603. The molecule has 5 nitrogen and oxygen atoms in total. The molecule has 1 aromatic heterocycles. The van der Waals surface area contributed by atoms with Gasteiger partial charge in [0.2, 0.25) is 0 Å². The second-order valence-electron chi connectivity index (χ2n) is 7.02. The number of rotatable bonds is 6. The molecule has 4 rings (SSSR count). The number of benzene rings is 3. The average Bonchev–Trinajstić information content (AvgIpc) is 2.80. The molecule has 0 aliphatic carbocycles. The molecule has 0 saturated carbocycles. The molecule has 1 heterocycles. The topological polar surface area (TPSA) is 53.2 Å². The van der Waals surface area contributed by atoms with Crippen LogP contribution in [-0.2, 0) is 13.1 Å². The molecule has 3 aromatic carbocycles. The van der Waals surface area contributed by atoms with Crippen molar-refractivity contribution in [1.29, 1.82) is 0 Å². The van der Waals surface area contributed by atoms with Crippen LogP contribution in [-0.4, -0.2) is 16.2 Å². The van der Waals surface area contributed by atoms with Crippen LogP contribution in [0.4, 0.5) is 0 Å². The van der Waals surface area contributed by atoms with Crippen molar-refractivity contribution in [3.63, 3.8) is 0 Å². The number of nitrogens with zero attached hydrogens (tertiary/aromatic N) is 2. The van der Waals surface area contributed by atoms with Gasteiger partial charge < -0.3 is 4.74 Å². The summed E-state index contributed by atoms with van der Waals surface area (Å²) in [5.41, 5.74) is 2.60. The zero-order valence-electron chi connectivity index (χ0n) is 16.7. The van der Waals surface area contributed by atoms with Crippen LogP contribution >= 0.6 is 0 Å². The van der Waals surface area contributed by atoms with E-state index >= 15 is 0 Å². The maximum absolute atomic E-state index is 13.4. The Morgan fingerprint density at radius 2 is 1.23 bits per heavy atom. The van der Waals surface area contributed by atoms with E-state index in [9.17, 15) is 9.59 Å². The predicted molar refractivity (Wildman–Crippen MR) is 118 cm³/mol. The van der Waals surface area contributed by atoms with Crippen LogP contribution < -0.4 is 16.0 Å². The number of aromatic nitrogens is 2. The fourth-order valence-electron chi connectivity index (χ4n) is 3.45. The molecule has 30 heavy (non-hydrogen) atoms. The van der Waals surface area contributed by atoms with Gasteiger partial charge >= 0.3 is 5.69 Å². The summed E-state index contributed by atoms with van der Waals surface area (Å²) in [6.07, 6.45) is 0. The Hall–Kier alpha value is -3.86. The van der Waals surface area contributed by atoms with Gasteiger partial charge in [-0.3, -0.25) is 13.9 Å². The number of hydrogen-bond donors (Lipinski definition) is 0. The van der Waals surface area contributed by atoms with Gasteiger partial charge in [-0.15, -0.1) is 0 Å². The van der Waals surface area contributed by atoms with Gasteiger partial charge in [-0.05, 0) is 41.0 Å². The molecule has 0 aliphatic heterocycles. The summed E-state index contributed by atoms with van der Waals surface area (Å²) in [5.74, 6) is 0.716. The van der Waals surface area contributed by atoms with E-state index in [0.29, 0.717) is 18.0 Å². The van der Waals surface area contributed by atoms with E-state index in [2.05, 4.69) is 0 Å². The Balaban J connectivity index is 1.86. The van der Waals surface area contributed by atoms with Crippen molar-refractivity contribution < 1.29 is 4.74 Å². The van der Waals surface area contributed by atoms with Crippen LogP contribution in [0.25, 0.3) is 11.3 Å². The van der Waals surface area contributed by atoms with Crippen LogP contribution in [0.2, 0.25) is 0 Å². The molecule has 0 unspecified atom stereocenters. The molecule has 0 bridgehead atoms. The normalized spacial score (nSPS) is 10.7. The standard InChI is InChI=1S/C25H22N2O3/c1-30-22-14-12-21(13-15-22)23-16-24(28)27(18-20-10-6-3-7-11-20)25(29)26(23)17-19-8-4-2-5-9-19/h2-16H,17-18H2,1H3. The van der Waals surface area contributed by atoms with Crippen LogP contribution in [0.15, 0.2) is 101 Å². The van der Waals surface area contributed by atoms with Gasteiger partial charge in [-0.25, -0.2) is 4.79 Å². The molecule has 150 valence electrons. The van der Waals surface area contributed by atoms with Gasteiger partial charge in [0.05, 0.1) is 25.9 Å². The first-order chi connectivity index (χ1) is 14.7. The maximum atomic E-state index is 13.4. The highest BCUT2D eigenvalue weighted by molar-refractivity contribution is 5.60. The first-order valence-corrected chi connectivity index (χ1v) is 9.72. The first kappa shape index (κ1) is 19.5.